The zero-order chi connectivity index (χ0) is 12.3. The Kier molecular flexibility index (Phi) is 3.67. The van der Waals surface area contributed by atoms with Crippen LogP contribution < -0.4 is 5.32 Å². The third-order valence-electron chi connectivity index (χ3n) is 3.14. The fraction of sp³-hybridized carbons (Fsp3) is 0.385. The number of carbonyl (C=O) groups excluding carboxylic acids is 1. The molecule has 1 amide bonds. The van der Waals surface area contributed by atoms with E-state index in [0.717, 1.165) is 29.3 Å². The summed E-state index contributed by atoms with van der Waals surface area (Å²) in [6.07, 6.45) is 3.55. The van der Waals surface area contributed by atoms with E-state index in [1.54, 1.807) is 6.07 Å². The van der Waals surface area contributed by atoms with Gasteiger partial charge >= 0.3 is 0 Å². The molecular formula is C13H13IN2O. The Hall–Kier alpha value is -1.09. The standard InChI is InChI=1S/C13H13IN2O/c14-11-6-2-1-5-10(11)12(17)16-13(9-15)7-3-4-8-13/h1-2,5-6H,3-4,7-8H2,(H,16,17). The van der Waals surface area contributed by atoms with Gasteiger partial charge < -0.3 is 5.32 Å². The maximum atomic E-state index is 12.1. The summed E-state index contributed by atoms with van der Waals surface area (Å²) in [5, 5.41) is 12.1. The lowest BCUT2D eigenvalue weighted by atomic mass is 9.99. The number of rotatable bonds is 2. The summed E-state index contributed by atoms with van der Waals surface area (Å²) in [5.41, 5.74) is 0.00495. The molecule has 0 aliphatic heterocycles. The Balaban J connectivity index is 2.17. The van der Waals surface area contributed by atoms with Gasteiger partial charge in [-0.2, -0.15) is 5.26 Å². The minimum absolute atomic E-state index is 0.140. The van der Waals surface area contributed by atoms with Crippen molar-refractivity contribution >= 4 is 28.5 Å². The maximum Gasteiger partial charge on any atom is 0.253 e. The van der Waals surface area contributed by atoms with Crippen LogP contribution >= 0.6 is 22.6 Å². The zero-order valence-electron chi connectivity index (χ0n) is 9.37. The van der Waals surface area contributed by atoms with Crippen molar-refractivity contribution in [2.24, 2.45) is 0 Å². The summed E-state index contributed by atoms with van der Waals surface area (Å²) in [4.78, 5) is 12.1. The summed E-state index contributed by atoms with van der Waals surface area (Å²) in [6.45, 7) is 0. The van der Waals surface area contributed by atoms with Crippen molar-refractivity contribution in [3.8, 4) is 6.07 Å². The molecule has 88 valence electrons. The van der Waals surface area contributed by atoms with Crippen LogP contribution in [0.1, 0.15) is 36.0 Å². The Morgan fingerprint density at radius 3 is 2.59 bits per heavy atom. The van der Waals surface area contributed by atoms with Gasteiger partial charge in [0.05, 0.1) is 11.6 Å². The first-order valence-electron chi connectivity index (χ1n) is 5.65. The van der Waals surface area contributed by atoms with Crippen LogP contribution in [0.3, 0.4) is 0 Å². The van der Waals surface area contributed by atoms with Crippen molar-refractivity contribution < 1.29 is 4.79 Å². The van der Waals surface area contributed by atoms with E-state index in [2.05, 4.69) is 34.0 Å². The molecule has 1 N–H and O–H groups in total. The lowest BCUT2D eigenvalue weighted by Crippen LogP contribution is -2.45. The predicted octanol–water partition coefficient (Wildman–Crippen LogP) is 2.86. The predicted molar refractivity (Wildman–Crippen MR) is 73.4 cm³/mol. The molecule has 0 unspecified atom stereocenters. The van der Waals surface area contributed by atoms with Gasteiger partial charge in [-0.05, 0) is 60.4 Å². The molecule has 1 aromatic carbocycles. The van der Waals surface area contributed by atoms with Crippen LogP contribution in [0.4, 0.5) is 0 Å². The molecule has 17 heavy (non-hydrogen) atoms. The van der Waals surface area contributed by atoms with Crippen LogP contribution in [0, 0.1) is 14.9 Å². The minimum atomic E-state index is -0.643. The van der Waals surface area contributed by atoms with E-state index in [1.807, 2.05) is 18.2 Å². The molecule has 0 spiro atoms. The fourth-order valence-corrected chi connectivity index (χ4v) is 2.81. The quantitative estimate of drug-likeness (QED) is 0.842. The highest BCUT2D eigenvalue weighted by Crippen LogP contribution is 2.29. The first-order valence-corrected chi connectivity index (χ1v) is 6.73. The first kappa shape index (κ1) is 12.4. The van der Waals surface area contributed by atoms with E-state index in [4.69, 9.17) is 0 Å². The van der Waals surface area contributed by atoms with Crippen molar-refractivity contribution in [1.29, 1.82) is 5.26 Å². The number of nitriles is 1. The van der Waals surface area contributed by atoms with Gasteiger partial charge in [-0.1, -0.05) is 12.1 Å². The highest BCUT2D eigenvalue weighted by molar-refractivity contribution is 14.1. The summed E-state index contributed by atoms with van der Waals surface area (Å²) >= 11 is 2.14. The molecule has 4 heteroatoms. The Labute approximate surface area is 114 Å². The van der Waals surface area contributed by atoms with Crippen molar-refractivity contribution in [3.05, 3.63) is 33.4 Å². The number of halogens is 1. The molecule has 0 aromatic heterocycles. The van der Waals surface area contributed by atoms with Gasteiger partial charge in [0.15, 0.2) is 0 Å². The van der Waals surface area contributed by atoms with Crippen LogP contribution in [0.5, 0.6) is 0 Å². The van der Waals surface area contributed by atoms with Crippen LogP contribution in [0.2, 0.25) is 0 Å². The van der Waals surface area contributed by atoms with Crippen LogP contribution in [-0.4, -0.2) is 11.4 Å². The number of hydrogen-bond acceptors (Lipinski definition) is 2. The molecule has 0 radical (unpaired) electrons. The molecule has 1 aromatic rings. The summed E-state index contributed by atoms with van der Waals surface area (Å²) in [5.74, 6) is -0.140. The van der Waals surface area contributed by atoms with Gasteiger partial charge in [-0.25, -0.2) is 0 Å². The molecule has 2 rings (SSSR count). The number of nitrogens with one attached hydrogen (secondary N) is 1. The van der Waals surface area contributed by atoms with Crippen LogP contribution in [0.15, 0.2) is 24.3 Å². The highest BCUT2D eigenvalue weighted by atomic mass is 127. The van der Waals surface area contributed by atoms with Gasteiger partial charge in [0.2, 0.25) is 0 Å². The summed E-state index contributed by atoms with van der Waals surface area (Å²) < 4.78 is 0.911. The Bertz CT molecular complexity index is 473. The van der Waals surface area contributed by atoms with Crippen molar-refractivity contribution in [2.75, 3.05) is 0 Å². The molecule has 1 aliphatic carbocycles. The third-order valence-corrected chi connectivity index (χ3v) is 4.08. The van der Waals surface area contributed by atoms with E-state index in [0.29, 0.717) is 5.56 Å². The average Bonchev–Trinajstić information content (AvgIpc) is 2.79. The van der Waals surface area contributed by atoms with Gasteiger partial charge in [-0.3, -0.25) is 4.79 Å². The molecule has 1 aliphatic rings. The summed E-state index contributed by atoms with van der Waals surface area (Å²) in [7, 11) is 0. The van der Waals surface area contributed by atoms with E-state index in [1.165, 1.54) is 0 Å². The minimum Gasteiger partial charge on any atom is -0.334 e. The molecule has 0 bridgehead atoms. The molecule has 3 nitrogen and oxygen atoms in total. The Morgan fingerprint density at radius 1 is 1.35 bits per heavy atom. The van der Waals surface area contributed by atoms with E-state index >= 15 is 0 Å². The third kappa shape index (κ3) is 2.60. The number of amides is 1. The van der Waals surface area contributed by atoms with Crippen LogP contribution in [0.25, 0.3) is 0 Å². The number of nitrogens with zero attached hydrogens (tertiary/aromatic N) is 1. The van der Waals surface area contributed by atoms with Crippen LogP contribution in [-0.2, 0) is 0 Å². The van der Waals surface area contributed by atoms with E-state index in [9.17, 15) is 10.1 Å². The van der Waals surface area contributed by atoms with Gasteiger partial charge in [-0.15, -0.1) is 0 Å². The molecule has 0 saturated heterocycles. The number of hydrogen-bond donors (Lipinski definition) is 1. The Morgan fingerprint density at radius 2 is 2.00 bits per heavy atom. The number of carbonyl (C=O) groups is 1. The second-order valence-electron chi connectivity index (χ2n) is 4.33. The zero-order valence-corrected chi connectivity index (χ0v) is 11.5. The normalized spacial score (nSPS) is 17.4. The van der Waals surface area contributed by atoms with Crippen molar-refractivity contribution in [3.63, 3.8) is 0 Å². The topological polar surface area (TPSA) is 52.9 Å². The summed E-state index contributed by atoms with van der Waals surface area (Å²) in [6, 6.07) is 9.68. The fourth-order valence-electron chi connectivity index (χ4n) is 2.17. The second kappa shape index (κ2) is 5.05. The lowest BCUT2D eigenvalue weighted by Gasteiger charge is -2.22. The molecule has 0 atom stereocenters. The average molecular weight is 340 g/mol. The lowest BCUT2D eigenvalue weighted by molar-refractivity contribution is 0.0920. The van der Waals surface area contributed by atoms with Crippen molar-refractivity contribution in [2.45, 2.75) is 31.2 Å². The van der Waals surface area contributed by atoms with E-state index < -0.39 is 5.54 Å². The highest BCUT2D eigenvalue weighted by Gasteiger charge is 2.35. The smallest absolute Gasteiger partial charge is 0.253 e. The first-order chi connectivity index (χ1) is 8.17. The SMILES string of the molecule is N#CC1(NC(=O)c2ccccc2I)CCCC1. The molecular weight excluding hydrogens is 327 g/mol. The second-order valence-corrected chi connectivity index (χ2v) is 5.50. The molecule has 1 saturated carbocycles. The van der Waals surface area contributed by atoms with Gasteiger partial charge in [0.1, 0.15) is 5.54 Å². The maximum absolute atomic E-state index is 12.1. The van der Waals surface area contributed by atoms with Gasteiger partial charge in [0, 0.05) is 3.57 Å². The largest absolute Gasteiger partial charge is 0.334 e. The van der Waals surface area contributed by atoms with Gasteiger partial charge in [0.25, 0.3) is 5.91 Å². The van der Waals surface area contributed by atoms with Crippen molar-refractivity contribution in [1.82, 2.24) is 5.32 Å². The molecule has 0 heterocycles. The number of benzene rings is 1. The van der Waals surface area contributed by atoms with E-state index in [-0.39, 0.29) is 5.91 Å². The molecule has 1 fully saturated rings. The monoisotopic (exact) mass is 340 g/mol.